The van der Waals surface area contributed by atoms with Crippen molar-refractivity contribution in [2.45, 2.75) is 58.1 Å². The molecule has 2 unspecified atom stereocenters. The first-order valence-electron chi connectivity index (χ1n) is 7.41. The average molecular weight is 277 g/mol. The van der Waals surface area contributed by atoms with Gasteiger partial charge in [-0.25, -0.2) is 0 Å². The van der Waals surface area contributed by atoms with E-state index < -0.39 is 8.07 Å². The standard InChI is InChI=1S/C16H27NOSi/c1-13(16-6-5-11-18-16)17-12-14-7-9-15(10-8-14)19(2,3)4/h7-10,13,16-17H,5-6,11-12H2,1-4H3. The molecule has 1 saturated heterocycles. The molecule has 0 radical (unpaired) electrons. The first kappa shape index (κ1) is 14.8. The smallest absolute Gasteiger partial charge is 0.0775 e. The first-order valence-corrected chi connectivity index (χ1v) is 10.9. The van der Waals surface area contributed by atoms with Gasteiger partial charge in [0.05, 0.1) is 14.2 Å². The van der Waals surface area contributed by atoms with Crippen LogP contribution in [0.4, 0.5) is 0 Å². The fourth-order valence-electron chi connectivity index (χ4n) is 2.53. The van der Waals surface area contributed by atoms with Crippen molar-refractivity contribution in [2.75, 3.05) is 6.61 Å². The van der Waals surface area contributed by atoms with Crippen molar-refractivity contribution < 1.29 is 4.74 Å². The molecule has 2 nitrogen and oxygen atoms in total. The summed E-state index contributed by atoms with van der Waals surface area (Å²) in [6, 6.07) is 9.59. The van der Waals surface area contributed by atoms with E-state index in [4.69, 9.17) is 4.74 Å². The van der Waals surface area contributed by atoms with Gasteiger partial charge in [0.2, 0.25) is 0 Å². The van der Waals surface area contributed by atoms with Crippen molar-refractivity contribution in [3.05, 3.63) is 29.8 Å². The van der Waals surface area contributed by atoms with Crippen LogP contribution in [0, 0.1) is 0 Å². The molecule has 1 aliphatic heterocycles. The van der Waals surface area contributed by atoms with E-state index in [2.05, 4.69) is 56.1 Å². The molecule has 0 aromatic heterocycles. The topological polar surface area (TPSA) is 21.3 Å². The SMILES string of the molecule is CC(NCc1ccc([Si](C)(C)C)cc1)C1CCCO1. The molecule has 2 atom stereocenters. The molecule has 1 aromatic rings. The van der Waals surface area contributed by atoms with Crippen LogP contribution in [0.2, 0.25) is 19.6 Å². The zero-order chi connectivity index (χ0) is 13.9. The number of nitrogens with one attached hydrogen (secondary N) is 1. The molecule has 0 amide bonds. The molecule has 0 aliphatic carbocycles. The van der Waals surface area contributed by atoms with E-state index in [1.54, 1.807) is 0 Å². The van der Waals surface area contributed by atoms with Gasteiger partial charge in [0.15, 0.2) is 0 Å². The van der Waals surface area contributed by atoms with Crippen LogP contribution >= 0.6 is 0 Å². The van der Waals surface area contributed by atoms with E-state index in [1.807, 2.05) is 0 Å². The van der Waals surface area contributed by atoms with E-state index in [9.17, 15) is 0 Å². The number of rotatable bonds is 5. The Morgan fingerprint density at radius 2 is 1.95 bits per heavy atom. The van der Waals surface area contributed by atoms with Gasteiger partial charge in [-0.1, -0.05) is 49.1 Å². The lowest BCUT2D eigenvalue weighted by Crippen LogP contribution is -2.38. The van der Waals surface area contributed by atoms with Crippen LogP contribution in [0.5, 0.6) is 0 Å². The van der Waals surface area contributed by atoms with Gasteiger partial charge in [0.1, 0.15) is 0 Å². The van der Waals surface area contributed by atoms with Gasteiger partial charge in [0, 0.05) is 19.2 Å². The number of ether oxygens (including phenoxy) is 1. The van der Waals surface area contributed by atoms with Crippen molar-refractivity contribution in [2.24, 2.45) is 0 Å². The highest BCUT2D eigenvalue weighted by molar-refractivity contribution is 6.88. The Labute approximate surface area is 118 Å². The van der Waals surface area contributed by atoms with Crippen molar-refractivity contribution in [1.29, 1.82) is 0 Å². The van der Waals surface area contributed by atoms with E-state index in [1.165, 1.54) is 23.6 Å². The minimum Gasteiger partial charge on any atom is -0.377 e. The van der Waals surface area contributed by atoms with Gasteiger partial charge in [-0.05, 0) is 25.3 Å². The third-order valence-corrected chi connectivity index (χ3v) is 6.04. The molecule has 1 aromatic carbocycles. The Kier molecular flexibility index (Phi) is 4.82. The zero-order valence-corrected chi connectivity index (χ0v) is 13.7. The van der Waals surface area contributed by atoms with Crippen molar-refractivity contribution in [3.63, 3.8) is 0 Å². The molecule has 1 aliphatic rings. The second kappa shape index (κ2) is 6.20. The summed E-state index contributed by atoms with van der Waals surface area (Å²) in [6.07, 6.45) is 2.81. The summed E-state index contributed by atoms with van der Waals surface area (Å²) in [6.45, 7) is 11.3. The molecule has 1 N–H and O–H groups in total. The summed E-state index contributed by atoms with van der Waals surface area (Å²) in [4.78, 5) is 0. The fraction of sp³-hybridized carbons (Fsp3) is 0.625. The van der Waals surface area contributed by atoms with Crippen molar-refractivity contribution in [1.82, 2.24) is 5.32 Å². The maximum Gasteiger partial charge on any atom is 0.0775 e. The summed E-state index contributed by atoms with van der Waals surface area (Å²) in [5.41, 5.74) is 1.37. The van der Waals surface area contributed by atoms with Crippen LogP contribution in [0.15, 0.2) is 24.3 Å². The van der Waals surface area contributed by atoms with Crippen LogP contribution in [0.3, 0.4) is 0 Å². The molecular formula is C16H27NOSi. The van der Waals surface area contributed by atoms with Crippen LogP contribution in [-0.4, -0.2) is 26.8 Å². The van der Waals surface area contributed by atoms with E-state index in [-0.39, 0.29) is 0 Å². The van der Waals surface area contributed by atoms with Gasteiger partial charge >= 0.3 is 0 Å². The second-order valence-electron chi connectivity index (χ2n) is 6.67. The molecule has 19 heavy (non-hydrogen) atoms. The molecule has 0 saturated carbocycles. The summed E-state index contributed by atoms with van der Waals surface area (Å²) in [5, 5.41) is 5.12. The second-order valence-corrected chi connectivity index (χ2v) is 11.7. The Morgan fingerprint density at radius 3 is 2.47 bits per heavy atom. The maximum atomic E-state index is 5.71. The number of hydrogen-bond acceptors (Lipinski definition) is 2. The Balaban J connectivity index is 1.86. The van der Waals surface area contributed by atoms with Crippen LogP contribution in [-0.2, 0) is 11.3 Å². The van der Waals surface area contributed by atoms with E-state index in [0.717, 1.165) is 13.2 Å². The highest BCUT2D eigenvalue weighted by atomic mass is 28.3. The van der Waals surface area contributed by atoms with E-state index in [0.29, 0.717) is 12.1 Å². The van der Waals surface area contributed by atoms with Crippen LogP contribution in [0.25, 0.3) is 0 Å². The van der Waals surface area contributed by atoms with Crippen LogP contribution < -0.4 is 10.5 Å². The fourth-order valence-corrected chi connectivity index (χ4v) is 3.70. The molecule has 3 heteroatoms. The van der Waals surface area contributed by atoms with Gasteiger partial charge in [-0.3, -0.25) is 0 Å². The summed E-state index contributed by atoms with van der Waals surface area (Å²) in [7, 11) is -1.16. The van der Waals surface area contributed by atoms with Crippen molar-refractivity contribution in [3.8, 4) is 0 Å². The molecule has 0 spiro atoms. The summed E-state index contributed by atoms with van der Waals surface area (Å²) >= 11 is 0. The highest BCUT2D eigenvalue weighted by Gasteiger charge is 2.21. The number of benzene rings is 1. The molecule has 2 rings (SSSR count). The predicted molar refractivity (Wildman–Crippen MR) is 84.7 cm³/mol. The number of hydrogen-bond donors (Lipinski definition) is 1. The predicted octanol–water partition coefficient (Wildman–Crippen LogP) is 2.89. The monoisotopic (exact) mass is 277 g/mol. The zero-order valence-electron chi connectivity index (χ0n) is 12.7. The lowest BCUT2D eigenvalue weighted by Gasteiger charge is -2.21. The Bertz CT molecular complexity index is 390. The van der Waals surface area contributed by atoms with Gasteiger partial charge in [-0.15, -0.1) is 0 Å². The molecule has 106 valence electrons. The molecule has 0 bridgehead atoms. The van der Waals surface area contributed by atoms with Gasteiger partial charge < -0.3 is 10.1 Å². The minimum absolute atomic E-state index is 0.404. The third kappa shape index (κ3) is 4.16. The normalized spacial score (nSPS) is 21.6. The molecule has 1 fully saturated rings. The average Bonchev–Trinajstić information content (AvgIpc) is 2.89. The quantitative estimate of drug-likeness (QED) is 0.836. The Morgan fingerprint density at radius 1 is 1.26 bits per heavy atom. The van der Waals surface area contributed by atoms with Gasteiger partial charge in [0.25, 0.3) is 0 Å². The van der Waals surface area contributed by atoms with E-state index >= 15 is 0 Å². The largest absolute Gasteiger partial charge is 0.377 e. The van der Waals surface area contributed by atoms with Crippen molar-refractivity contribution >= 4 is 13.3 Å². The summed E-state index contributed by atoms with van der Waals surface area (Å²) < 4.78 is 5.71. The molecule has 1 heterocycles. The third-order valence-electron chi connectivity index (χ3n) is 3.97. The maximum absolute atomic E-state index is 5.71. The Hall–Kier alpha value is -0.643. The van der Waals surface area contributed by atoms with Crippen LogP contribution in [0.1, 0.15) is 25.3 Å². The van der Waals surface area contributed by atoms with Gasteiger partial charge in [-0.2, -0.15) is 0 Å². The highest BCUT2D eigenvalue weighted by Crippen LogP contribution is 2.15. The lowest BCUT2D eigenvalue weighted by atomic mass is 10.1. The summed E-state index contributed by atoms with van der Waals surface area (Å²) in [5.74, 6) is 0. The first-order chi connectivity index (χ1) is 8.97. The molecular weight excluding hydrogens is 250 g/mol. The minimum atomic E-state index is -1.16. The lowest BCUT2D eigenvalue weighted by molar-refractivity contribution is 0.0832.